The average molecular weight is 342 g/mol. The van der Waals surface area contributed by atoms with Gasteiger partial charge in [0.15, 0.2) is 0 Å². The third kappa shape index (κ3) is 3.31. The summed E-state index contributed by atoms with van der Waals surface area (Å²) in [6, 6.07) is 5.70. The number of carbonyl (C=O) groups excluding carboxylic acids is 1. The van der Waals surface area contributed by atoms with Crippen molar-refractivity contribution in [3.8, 4) is 0 Å². The lowest BCUT2D eigenvalue weighted by Crippen LogP contribution is -2.36. The Bertz CT molecular complexity index is 611. The summed E-state index contributed by atoms with van der Waals surface area (Å²) in [5.74, 6) is 0.0269. The van der Waals surface area contributed by atoms with Crippen LogP contribution in [0, 0.1) is 0 Å². The van der Waals surface area contributed by atoms with E-state index in [0.29, 0.717) is 16.3 Å². The minimum atomic E-state index is -0.491. The Morgan fingerprint density at radius 2 is 2.38 bits per heavy atom. The maximum Gasteiger partial charge on any atom is 0.255 e. The first-order valence-corrected chi connectivity index (χ1v) is 9.05. The first-order valence-electron chi connectivity index (χ1n) is 6.91. The molecule has 2 aromatic heterocycles. The largest absolute Gasteiger partial charge is 0.387 e. The van der Waals surface area contributed by atoms with Crippen LogP contribution in [0.15, 0.2) is 29.0 Å². The van der Waals surface area contributed by atoms with Crippen molar-refractivity contribution >= 4 is 40.2 Å². The fourth-order valence-electron chi connectivity index (χ4n) is 2.79. The zero-order chi connectivity index (χ0) is 14.8. The van der Waals surface area contributed by atoms with Gasteiger partial charge >= 0.3 is 0 Å². The lowest BCUT2D eigenvalue weighted by atomic mass is 10.1. The Morgan fingerprint density at radius 1 is 1.52 bits per heavy atom. The number of halogens is 1. The molecule has 6 heteroatoms. The predicted molar refractivity (Wildman–Crippen MR) is 87.3 cm³/mol. The fourth-order valence-corrected chi connectivity index (χ4v) is 4.37. The zero-order valence-electron chi connectivity index (χ0n) is 11.4. The maximum atomic E-state index is 12.5. The van der Waals surface area contributed by atoms with Gasteiger partial charge in [-0.2, -0.15) is 0 Å². The summed E-state index contributed by atoms with van der Waals surface area (Å²) < 4.78 is 0.632. The topological polar surface area (TPSA) is 40.5 Å². The van der Waals surface area contributed by atoms with Crippen LogP contribution in [0.5, 0.6) is 0 Å². The number of thiophene rings is 2. The summed E-state index contributed by atoms with van der Waals surface area (Å²) in [5.41, 5.74) is 0.655. The molecule has 1 aliphatic heterocycles. The number of carbonyl (C=O) groups is 1. The van der Waals surface area contributed by atoms with Crippen LogP contribution in [0.4, 0.5) is 0 Å². The average Bonchev–Trinajstić information content (AvgIpc) is 3.18. The van der Waals surface area contributed by atoms with Gasteiger partial charge in [-0.05, 0) is 36.8 Å². The number of hydrogen-bond donors (Lipinski definition) is 1. The van der Waals surface area contributed by atoms with Gasteiger partial charge < -0.3 is 10.0 Å². The Kier molecular flexibility index (Phi) is 4.64. The van der Waals surface area contributed by atoms with Gasteiger partial charge in [-0.15, -0.1) is 22.7 Å². The van der Waals surface area contributed by atoms with Crippen LogP contribution < -0.4 is 0 Å². The third-order valence-corrected chi connectivity index (χ3v) is 5.88. The second-order valence-corrected chi connectivity index (χ2v) is 7.72. The number of nitrogens with zero attached hydrogens (tertiary/aromatic N) is 1. The maximum absolute atomic E-state index is 12.5. The van der Waals surface area contributed by atoms with E-state index < -0.39 is 6.10 Å². The molecule has 1 amide bonds. The van der Waals surface area contributed by atoms with Crippen LogP contribution in [0.2, 0.25) is 4.34 Å². The number of aliphatic hydroxyl groups excluding tert-OH is 1. The molecule has 3 nitrogen and oxygen atoms in total. The zero-order valence-corrected chi connectivity index (χ0v) is 13.8. The molecule has 0 spiro atoms. The predicted octanol–water partition coefficient (Wildman–Crippen LogP) is 4.19. The molecule has 0 aromatic carbocycles. The Morgan fingerprint density at radius 3 is 3.05 bits per heavy atom. The molecule has 0 saturated carbocycles. The minimum absolute atomic E-state index is 0.0269. The number of rotatable bonds is 4. The van der Waals surface area contributed by atoms with Crippen molar-refractivity contribution in [1.29, 1.82) is 0 Å². The number of hydrogen-bond acceptors (Lipinski definition) is 4. The highest BCUT2D eigenvalue weighted by molar-refractivity contribution is 7.14. The molecule has 0 aliphatic carbocycles. The Hall–Kier alpha value is -0.880. The molecule has 1 aliphatic rings. The summed E-state index contributed by atoms with van der Waals surface area (Å²) >= 11 is 8.84. The van der Waals surface area contributed by atoms with Crippen molar-refractivity contribution in [2.45, 2.75) is 31.4 Å². The van der Waals surface area contributed by atoms with Gasteiger partial charge in [0.2, 0.25) is 0 Å². The van der Waals surface area contributed by atoms with Crippen LogP contribution in [0.1, 0.15) is 40.6 Å². The van der Waals surface area contributed by atoms with E-state index in [1.165, 1.54) is 11.3 Å². The van der Waals surface area contributed by atoms with Crippen molar-refractivity contribution in [1.82, 2.24) is 4.90 Å². The van der Waals surface area contributed by atoms with Crippen LogP contribution in [-0.4, -0.2) is 28.5 Å². The first-order chi connectivity index (χ1) is 10.1. The van der Waals surface area contributed by atoms with Crippen molar-refractivity contribution in [3.63, 3.8) is 0 Å². The van der Waals surface area contributed by atoms with E-state index in [1.807, 2.05) is 22.4 Å². The van der Waals surface area contributed by atoms with E-state index in [9.17, 15) is 9.90 Å². The summed E-state index contributed by atoms with van der Waals surface area (Å²) in [4.78, 5) is 15.4. The quantitative estimate of drug-likeness (QED) is 0.905. The molecule has 2 atom stereocenters. The van der Waals surface area contributed by atoms with E-state index >= 15 is 0 Å². The van der Waals surface area contributed by atoms with E-state index in [-0.39, 0.29) is 11.9 Å². The summed E-state index contributed by atoms with van der Waals surface area (Å²) in [6.07, 6.45) is 2.05. The molecule has 3 rings (SSSR count). The molecule has 2 aromatic rings. The van der Waals surface area contributed by atoms with E-state index in [4.69, 9.17) is 11.6 Å². The van der Waals surface area contributed by atoms with E-state index in [2.05, 4.69) is 0 Å². The van der Waals surface area contributed by atoms with Gasteiger partial charge in [0, 0.05) is 22.8 Å². The lowest BCUT2D eigenvalue weighted by Gasteiger charge is -2.26. The molecule has 21 heavy (non-hydrogen) atoms. The number of likely N-dealkylation sites (tertiary alicyclic amines) is 1. The van der Waals surface area contributed by atoms with Gasteiger partial charge in [0.25, 0.3) is 5.91 Å². The molecular formula is C15H16ClNO2S2. The number of amides is 1. The smallest absolute Gasteiger partial charge is 0.255 e. The van der Waals surface area contributed by atoms with Gasteiger partial charge in [0.1, 0.15) is 0 Å². The standard InChI is InChI=1S/C15H16ClNO2S2/c16-14-7-10(9-21-14)15(19)17-5-1-3-11(17)8-12(18)13-4-2-6-20-13/h2,4,6-7,9,11-12,18H,1,3,5,8H2/t11-,12-/m1/s1. The number of aliphatic hydroxyl groups is 1. The van der Waals surface area contributed by atoms with Crippen molar-refractivity contribution in [3.05, 3.63) is 43.7 Å². The third-order valence-electron chi connectivity index (χ3n) is 3.82. The van der Waals surface area contributed by atoms with Crippen LogP contribution in [0.25, 0.3) is 0 Å². The van der Waals surface area contributed by atoms with Gasteiger partial charge in [-0.1, -0.05) is 17.7 Å². The molecular weight excluding hydrogens is 326 g/mol. The van der Waals surface area contributed by atoms with Gasteiger partial charge in [0.05, 0.1) is 16.0 Å². The van der Waals surface area contributed by atoms with Crippen molar-refractivity contribution < 1.29 is 9.90 Å². The van der Waals surface area contributed by atoms with Crippen LogP contribution in [-0.2, 0) is 0 Å². The Labute approximate surface area is 136 Å². The van der Waals surface area contributed by atoms with Crippen molar-refractivity contribution in [2.75, 3.05) is 6.54 Å². The van der Waals surface area contributed by atoms with Gasteiger partial charge in [-0.25, -0.2) is 0 Å². The highest BCUT2D eigenvalue weighted by Gasteiger charge is 2.31. The molecule has 0 bridgehead atoms. The molecule has 0 unspecified atom stereocenters. The SMILES string of the molecule is O=C(c1csc(Cl)c1)N1CCC[C@@H]1C[C@@H](O)c1cccs1. The summed E-state index contributed by atoms with van der Waals surface area (Å²) in [6.45, 7) is 0.758. The second kappa shape index (κ2) is 6.48. The van der Waals surface area contributed by atoms with E-state index in [1.54, 1.807) is 22.8 Å². The molecule has 1 fully saturated rings. The highest BCUT2D eigenvalue weighted by atomic mass is 35.5. The van der Waals surface area contributed by atoms with E-state index in [0.717, 1.165) is 24.3 Å². The van der Waals surface area contributed by atoms with Crippen LogP contribution >= 0.6 is 34.3 Å². The highest BCUT2D eigenvalue weighted by Crippen LogP contribution is 2.31. The fraction of sp³-hybridized carbons (Fsp3) is 0.400. The first kappa shape index (κ1) is 15.0. The second-order valence-electron chi connectivity index (χ2n) is 5.20. The monoisotopic (exact) mass is 341 g/mol. The van der Waals surface area contributed by atoms with Crippen LogP contribution in [0.3, 0.4) is 0 Å². The summed E-state index contributed by atoms with van der Waals surface area (Å²) in [5, 5.41) is 14.1. The molecule has 112 valence electrons. The van der Waals surface area contributed by atoms with Crippen molar-refractivity contribution in [2.24, 2.45) is 0 Å². The Balaban J connectivity index is 1.69. The van der Waals surface area contributed by atoms with Gasteiger partial charge in [-0.3, -0.25) is 4.79 Å². The molecule has 1 saturated heterocycles. The summed E-state index contributed by atoms with van der Waals surface area (Å²) in [7, 11) is 0. The minimum Gasteiger partial charge on any atom is -0.387 e. The molecule has 1 N–H and O–H groups in total. The molecule has 0 radical (unpaired) electrons. The normalized spacial score (nSPS) is 19.9. The molecule has 3 heterocycles. The lowest BCUT2D eigenvalue weighted by molar-refractivity contribution is 0.0670.